The lowest BCUT2D eigenvalue weighted by Crippen LogP contribution is -2.46. The largest absolute Gasteiger partial charge is 0.494 e. The highest BCUT2D eigenvalue weighted by molar-refractivity contribution is 5.34. The van der Waals surface area contributed by atoms with Crippen LogP contribution in [0.1, 0.15) is 12.0 Å². The average Bonchev–Trinajstić information content (AvgIpc) is 2.52. The molecule has 22 heavy (non-hydrogen) atoms. The standard InChI is InChI=1S/C17H25N3O2/c1-19(2)13-17-14-20(9-11-22-17)8-3-10-21-16-6-4-15(12-18)5-7-16/h4-7,17H,3,8-11,13-14H2,1-2H3/t17-/m0/s1. The van der Waals surface area contributed by atoms with Crippen LogP contribution < -0.4 is 4.74 Å². The van der Waals surface area contributed by atoms with Crippen molar-refractivity contribution < 1.29 is 9.47 Å². The van der Waals surface area contributed by atoms with Gasteiger partial charge < -0.3 is 14.4 Å². The van der Waals surface area contributed by atoms with Gasteiger partial charge in [-0.15, -0.1) is 0 Å². The molecule has 0 radical (unpaired) electrons. The molecule has 1 aromatic carbocycles. The maximum Gasteiger partial charge on any atom is 0.119 e. The van der Waals surface area contributed by atoms with Crippen molar-refractivity contribution in [3.05, 3.63) is 29.8 Å². The minimum Gasteiger partial charge on any atom is -0.494 e. The lowest BCUT2D eigenvalue weighted by Gasteiger charge is -2.34. The van der Waals surface area contributed by atoms with E-state index in [2.05, 4.69) is 30.0 Å². The zero-order valence-corrected chi connectivity index (χ0v) is 13.5. The van der Waals surface area contributed by atoms with Crippen LogP contribution >= 0.6 is 0 Å². The smallest absolute Gasteiger partial charge is 0.119 e. The lowest BCUT2D eigenvalue weighted by molar-refractivity contribution is -0.0388. The Bertz CT molecular complexity index is 482. The number of rotatable bonds is 7. The van der Waals surface area contributed by atoms with E-state index in [1.807, 2.05) is 12.1 Å². The Kier molecular flexibility index (Phi) is 6.66. The van der Waals surface area contributed by atoms with E-state index in [4.69, 9.17) is 14.7 Å². The molecule has 1 aliphatic rings. The summed E-state index contributed by atoms with van der Waals surface area (Å²) in [7, 11) is 4.15. The van der Waals surface area contributed by atoms with Gasteiger partial charge in [0.1, 0.15) is 5.75 Å². The summed E-state index contributed by atoms with van der Waals surface area (Å²) in [6, 6.07) is 9.36. The van der Waals surface area contributed by atoms with Gasteiger partial charge in [0.2, 0.25) is 0 Å². The molecule has 1 fully saturated rings. The second-order valence-electron chi connectivity index (χ2n) is 5.89. The fourth-order valence-electron chi connectivity index (χ4n) is 2.61. The van der Waals surface area contributed by atoms with E-state index in [0.717, 1.165) is 45.0 Å². The van der Waals surface area contributed by atoms with Crippen molar-refractivity contribution >= 4 is 0 Å². The number of hydrogen-bond donors (Lipinski definition) is 0. The van der Waals surface area contributed by atoms with Crippen molar-refractivity contribution in [1.82, 2.24) is 9.80 Å². The van der Waals surface area contributed by atoms with Crippen LogP contribution in [0.25, 0.3) is 0 Å². The summed E-state index contributed by atoms with van der Waals surface area (Å²) in [6.07, 6.45) is 1.30. The van der Waals surface area contributed by atoms with Crippen molar-refractivity contribution in [3.63, 3.8) is 0 Å². The fourth-order valence-corrected chi connectivity index (χ4v) is 2.61. The van der Waals surface area contributed by atoms with E-state index < -0.39 is 0 Å². The molecule has 0 amide bonds. The monoisotopic (exact) mass is 303 g/mol. The number of benzene rings is 1. The molecule has 0 N–H and O–H groups in total. The number of ether oxygens (including phenoxy) is 2. The molecule has 0 aliphatic carbocycles. The highest BCUT2D eigenvalue weighted by Gasteiger charge is 2.20. The Hall–Kier alpha value is -1.61. The Morgan fingerprint density at radius 2 is 2.14 bits per heavy atom. The molecule has 0 unspecified atom stereocenters. The van der Waals surface area contributed by atoms with E-state index in [1.165, 1.54) is 0 Å². The maximum atomic E-state index is 8.75. The first-order valence-corrected chi connectivity index (χ1v) is 7.79. The van der Waals surface area contributed by atoms with Crippen LogP contribution in [0.15, 0.2) is 24.3 Å². The van der Waals surface area contributed by atoms with Gasteiger partial charge in [0.25, 0.3) is 0 Å². The number of nitrogens with zero attached hydrogens (tertiary/aromatic N) is 3. The number of nitriles is 1. The highest BCUT2D eigenvalue weighted by Crippen LogP contribution is 2.12. The molecule has 0 aromatic heterocycles. The molecule has 0 saturated carbocycles. The fraction of sp³-hybridized carbons (Fsp3) is 0.588. The van der Waals surface area contributed by atoms with Crippen LogP contribution in [-0.2, 0) is 4.74 Å². The van der Waals surface area contributed by atoms with E-state index in [9.17, 15) is 0 Å². The van der Waals surface area contributed by atoms with Gasteiger partial charge in [-0.05, 0) is 44.8 Å². The molecule has 2 rings (SSSR count). The minimum absolute atomic E-state index is 0.309. The Labute approximate surface area is 133 Å². The van der Waals surface area contributed by atoms with Gasteiger partial charge in [-0.2, -0.15) is 5.26 Å². The van der Waals surface area contributed by atoms with Gasteiger partial charge in [0, 0.05) is 26.2 Å². The summed E-state index contributed by atoms with van der Waals surface area (Å²) in [5, 5.41) is 8.75. The first-order chi connectivity index (χ1) is 10.7. The molecule has 0 bridgehead atoms. The van der Waals surface area contributed by atoms with Crippen molar-refractivity contribution in [1.29, 1.82) is 5.26 Å². The van der Waals surface area contributed by atoms with Crippen LogP contribution in [0, 0.1) is 11.3 Å². The summed E-state index contributed by atoms with van der Waals surface area (Å²) in [6.45, 7) is 5.51. The molecule has 1 saturated heterocycles. The van der Waals surface area contributed by atoms with Crippen molar-refractivity contribution in [2.45, 2.75) is 12.5 Å². The third kappa shape index (κ3) is 5.64. The quantitative estimate of drug-likeness (QED) is 0.716. The summed E-state index contributed by atoms with van der Waals surface area (Å²) >= 11 is 0. The molecule has 1 aromatic rings. The van der Waals surface area contributed by atoms with Gasteiger partial charge in [-0.3, -0.25) is 4.90 Å². The van der Waals surface area contributed by atoms with Crippen LogP contribution in [0.3, 0.4) is 0 Å². The van der Waals surface area contributed by atoms with Crippen molar-refractivity contribution in [2.75, 3.05) is 53.5 Å². The molecule has 5 heteroatoms. The second kappa shape index (κ2) is 8.74. The van der Waals surface area contributed by atoms with Gasteiger partial charge in [0.15, 0.2) is 0 Å². The zero-order chi connectivity index (χ0) is 15.8. The summed E-state index contributed by atoms with van der Waals surface area (Å²) in [4.78, 5) is 4.61. The molecule has 120 valence electrons. The number of hydrogen-bond acceptors (Lipinski definition) is 5. The molecule has 1 aliphatic heterocycles. The summed E-state index contributed by atoms with van der Waals surface area (Å²) in [5.74, 6) is 0.825. The number of likely N-dealkylation sites (N-methyl/N-ethyl adjacent to an activating group) is 1. The van der Waals surface area contributed by atoms with E-state index >= 15 is 0 Å². The second-order valence-corrected chi connectivity index (χ2v) is 5.89. The molecule has 1 heterocycles. The first kappa shape index (κ1) is 16.8. The first-order valence-electron chi connectivity index (χ1n) is 7.79. The van der Waals surface area contributed by atoms with Gasteiger partial charge in [-0.1, -0.05) is 0 Å². The van der Waals surface area contributed by atoms with Gasteiger partial charge in [0.05, 0.1) is 31.0 Å². The molecule has 5 nitrogen and oxygen atoms in total. The van der Waals surface area contributed by atoms with Crippen LogP contribution in [0.4, 0.5) is 0 Å². The van der Waals surface area contributed by atoms with E-state index in [-0.39, 0.29) is 0 Å². The lowest BCUT2D eigenvalue weighted by atomic mass is 10.2. The highest BCUT2D eigenvalue weighted by atomic mass is 16.5. The van der Waals surface area contributed by atoms with Crippen LogP contribution in [-0.4, -0.2) is 69.4 Å². The topological polar surface area (TPSA) is 48.7 Å². The third-order valence-corrected chi connectivity index (χ3v) is 3.66. The summed E-state index contributed by atoms with van der Waals surface area (Å²) < 4.78 is 11.5. The van der Waals surface area contributed by atoms with E-state index in [0.29, 0.717) is 18.3 Å². The molecule has 1 atom stereocenters. The minimum atomic E-state index is 0.309. The Balaban J connectivity index is 1.64. The predicted octanol–water partition coefficient (Wildman–Crippen LogP) is 1.59. The predicted molar refractivity (Wildman–Crippen MR) is 86.0 cm³/mol. The van der Waals surface area contributed by atoms with Crippen LogP contribution in [0.5, 0.6) is 5.75 Å². The third-order valence-electron chi connectivity index (χ3n) is 3.66. The maximum absolute atomic E-state index is 8.75. The normalized spacial score (nSPS) is 19.1. The summed E-state index contributed by atoms with van der Waals surface area (Å²) in [5.41, 5.74) is 0.660. The van der Waals surface area contributed by atoms with Gasteiger partial charge in [-0.25, -0.2) is 0 Å². The number of morpholine rings is 1. The van der Waals surface area contributed by atoms with Crippen molar-refractivity contribution in [3.8, 4) is 11.8 Å². The van der Waals surface area contributed by atoms with E-state index in [1.54, 1.807) is 12.1 Å². The average molecular weight is 303 g/mol. The van der Waals surface area contributed by atoms with Crippen LogP contribution in [0.2, 0.25) is 0 Å². The Morgan fingerprint density at radius 1 is 1.36 bits per heavy atom. The van der Waals surface area contributed by atoms with Crippen molar-refractivity contribution in [2.24, 2.45) is 0 Å². The van der Waals surface area contributed by atoms with Gasteiger partial charge >= 0.3 is 0 Å². The zero-order valence-electron chi connectivity index (χ0n) is 13.5. The SMILES string of the molecule is CN(C)C[C@H]1CN(CCCOc2ccc(C#N)cc2)CCO1. The molecular weight excluding hydrogens is 278 g/mol. The molecule has 0 spiro atoms. The Morgan fingerprint density at radius 3 is 2.82 bits per heavy atom. The molecular formula is C17H25N3O2.